The third-order valence-corrected chi connectivity index (χ3v) is 4.35. The molecule has 1 aliphatic carbocycles. The highest BCUT2D eigenvalue weighted by atomic mass is 14.7. The van der Waals surface area contributed by atoms with Gasteiger partial charge in [0.25, 0.3) is 0 Å². The van der Waals surface area contributed by atoms with Crippen LogP contribution in [0.2, 0.25) is 0 Å². The number of benzene rings is 1. The second-order valence-corrected chi connectivity index (χ2v) is 5.71. The molecule has 1 N–H and O–H groups in total. The summed E-state index contributed by atoms with van der Waals surface area (Å²) < 4.78 is 0. The van der Waals surface area contributed by atoms with Crippen LogP contribution in [0.15, 0.2) is 30.3 Å². The second-order valence-electron chi connectivity index (χ2n) is 5.71. The quantitative estimate of drug-likeness (QED) is 0.689. The lowest BCUT2D eigenvalue weighted by molar-refractivity contribution is 0.531. The van der Waals surface area contributed by atoms with Crippen LogP contribution in [0.4, 0.5) is 0 Å². The second kappa shape index (κ2) is 5.60. The van der Waals surface area contributed by atoms with Gasteiger partial charge in [-0.15, -0.1) is 0 Å². The van der Waals surface area contributed by atoms with E-state index in [0.717, 1.165) is 5.92 Å². The van der Waals surface area contributed by atoms with Crippen LogP contribution in [0.25, 0.3) is 10.9 Å². The maximum absolute atomic E-state index is 3.63. The topological polar surface area (TPSA) is 15.8 Å². The standard InChI is InChI=1S/C17H23N/c1-2-4-6-10-14(9-5-3-1)17-13-15-11-7-8-12-16(15)18-17/h7-8,11-14,18H,1-6,9-10H2. The number of fused-ring (bicyclic) bond motifs is 1. The van der Waals surface area contributed by atoms with Gasteiger partial charge in [-0.3, -0.25) is 0 Å². The number of aromatic nitrogens is 1. The van der Waals surface area contributed by atoms with E-state index in [4.69, 9.17) is 0 Å². The first-order valence-electron chi connectivity index (χ1n) is 7.51. The van der Waals surface area contributed by atoms with Gasteiger partial charge in [-0.05, 0) is 36.3 Å². The van der Waals surface area contributed by atoms with Gasteiger partial charge in [0.1, 0.15) is 0 Å². The van der Waals surface area contributed by atoms with Crippen molar-refractivity contribution in [3.8, 4) is 0 Å². The Hall–Kier alpha value is -1.24. The van der Waals surface area contributed by atoms with E-state index in [-0.39, 0.29) is 0 Å². The van der Waals surface area contributed by atoms with Gasteiger partial charge >= 0.3 is 0 Å². The smallest absolute Gasteiger partial charge is 0.0456 e. The Kier molecular flexibility index (Phi) is 3.68. The van der Waals surface area contributed by atoms with Crippen molar-refractivity contribution in [2.45, 2.75) is 57.3 Å². The molecular weight excluding hydrogens is 218 g/mol. The lowest BCUT2D eigenvalue weighted by Crippen LogP contribution is -1.99. The van der Waals surface area contributed by atoms with Gasteiger partial charge in [-0.25, -0.2) is 0 Å². The minimum atomic E-state index is 0.760. The van der Waals surface area contributed by atoms with Crippen molar-refractivity contribution in [1.82, 2.24) is 4.98 Å². The van der Waals surface area contributed by atoms with Crippen molar-refractivity contribution in [1.29, 1.82) is 0 Å². The summed E-state index contributed by atoms with van der Waals surface area (Å²) in [5, 5.41) is 1.37. The fourth-order valence-electron chi connectivity index (χ4n) is 3.26. The molecule has 1 nitrogen and oxygen atoms in total. The Bertz CT molecular complexity index is 454. The predicted octanol–water partition coefficient (Wildman–Crippen LogP) is 5.39. The molecule has 96 valence electrons. The van der Waals surface area contributed by atoms with Gasteiger partial charge in [0.2, 0.25) is 0 Å². The maximum Gasteiger partial charge on any atom is 0.0456 e. The highest BCUT2D eigenvalue weighted by Gasteiger charge is 2.14. The Balaban J connectivity index is 1.82. The fourth-order valence-corrected chi connectivity index (χ4v) is 3.26. The number of para-hydroxylation sites is 1. The fraction of sp³-hybridized carbons (Fsp3) is 0.529. The van der Waals surface area contributed by atoms with E-state index in [0.29, 0.717) is 0 Å². The minimum Gasteiger partial charge on any atom is -0.358 e. The van der Waals surface area contributed by atoms with E-state index in [1.165, 1.54) is 68.0 Å². The molecule has 0 saturated heterocycles. The van der Waals surface area contributed by atoms with Crippen molar-refractivity contribution in [2.24, 2.45) is 0 Å². The van der Waals surface area contributed by atoms with Gasteiger partial charge in [0.15, 0.2) is 0 Å². The molecule has 2 aromatic rings. The molecule has 1 aromatic heterocycles. The summed E-state index contributed by atoms with van der Waals surface area (Å²) in [5.74, 6) is 0.760. The molecule has 0 aliphatic heterocycles. The Morgan fingerprint density at radius 3 is 2.22 bits per heavy atom. The van der Waals surface area contributed by atoms with E-state index < -0.39 is 0 Å². The summed E-state index contributed by atoms with van der Waals surface area (Å²) in [6.45, 7) is 0. The Morgan fingerprint density at radius 1 is 0.833 bits per heavy atom. The number of aromatic amines is 1. The Morgan fingerprint density at radius 2 is 1.50 bits per heavy atom. The summed E-state index contributed by atoms with van der Waals surface area (Å²) in [5.41, 5.74) is 2.77. The molecule has 0 radical (unpaired) electrons. The summed E-state index contributed by atoms with van der Waals surface area (Å²) in [4.78, 5) is 3.63. The molecule has 1 heteroatoms. The van der Waals surface area contributed by atoms with E-state index in [9.17, 15) is 0 Å². The summed E-state index contributed by atoms with van der Waals surface area (Å²) in [7, 11) is 0. The SMILES string of the molecule is c1ccc2[nH]c(C3CCCCCCCC3)cc2c1. The first-order valence-corrected chi connectivity index (χ1v) is 7.51. The van der Waals surface area contributed by atoms with Gasteiger partial charge in [-0.1, -0.05) is 56.7 Å². The van der Waals surface area contributed by atoms with Crippen molar-refractivity contribution in [3.05, 3.63) is 36.0 Å². The average Bonchev–Trinajstić information content (AvgIpc) is 2.87. The lowest BCUT2D eigenvalue weighted by Gasteiger charge is -2.14. The number of H-pyrrole nitrogens is 1. The molecule has 1 aliphatic rings. The van der Waals surface area contributed by atoms with Crippen LogP contribution in [0.1, 0.15) is 63.0 Å². The molecule has 0 atom stereocenters. The van der Waals surface area contributed by atoms with Crippen LogP contribution >= 0.6 is 0 Å². The molecule has 0 amide bonds. The summed E-state index contributed by atoms with van der Waals surface area (Å²) in [6, 6.07) is 11.0. The number of rotatable bonds is 1. The highest BCUT2D eigenvalue weighted by molar-refractivity contribution is 5.80. The molecule has 1 aromatic carbocycles. The van der Waals surface area contributed by atoms with Gasteiger partial charge in [-0.2, -0.15) is 0 Å². The number of nitrogens with one attached hydrogen (secondary N) is 1. The van der Waals surface area contributed by atoms with Crippen molar-refractivity contribution in [3.63, 3.8) is 0 Å². The average molecular weight is 241 g/mol. The van der Waals surface area contributed by atoms with E-state index >= 15 is 0 Å². The molecular formula is C17H23N. The molecule has 0 unspecified atom stereocenters. The third-order valence-electron chi connectivity index (χ3n) is 4.35. The zero-order valence-corrected chi connectivity index (χ0v) is 11.1. The third kappa shape index (κ3) is 2.60. The van der Waals surface area contributed by atoms with E-state index in [1.807, 2.05) is 0 Å². The first kappa shape index (κ1) is 11.8. The first-order chi connectivity index (χ1) is 8.93. The minimum absolute atomic E-state index is 0.760. The van der Waals surface area contributed by atoms with Gasteiger partial charge < -0.3 is 4.98 Å². The number of hydrogen-bond donors (Lipinski definition) is 1. The zero-order chi connectivity index (χ0) is 12.2. The number of hydrogen-bond acceptors (Lipinski definition) is 0. The summed E-state index contributed by atoms with van der Waals surface area (Å²) >= 11 is 0. The highest BCUT2D eigenvalue weighted by Crippen LogP contribution is 2.31. The maximum atomic E-state index is 3.63. The molecule has 1 heterocycles. The van der Waals surface area contributed by atoms with Crippen LogP contribution in [0.3, 0.4) is 0 Å². The van der Waals surface area contributed by atoms with Crippen molar-refractivity contribution < 1.29 is 0 Å². The molecule has 0 spiro atoms. The lowest BCUT2D eigenvalue weighted by atomic mass is 9.94. The van der Waals surface area contributed by atoms with Crippen LogP contribution in [-0.4, -0.2) is 4.98 Å². The predicted molar refractivity (Wildman–Crippen MR) is 78.0 cm³/mol. The monoisotopic (exact) mass is 241 g/mol. The van der Waals surface area contributed by atoms with Crippen molar-refractivity contribution >= 4 is 10.9 Å². The Labute approximate surface area is 110 Å². The molecule has 0 bridgehead atoms. The molecule has 1 fully saturated rings. The van der Waals surface area contributed by atoms with Crippen LogP contribution in [0, 0.1) is 0 Å². The van der Waals surface area contributed by atoms with Crippen LogP contribution in [-0.2, 0) is 0 Å². The molecule has 1 saturated carbocycles. The van der Waals surface area contributed by atoms with Crippen molar-refractivity contribution in [2.75, 3.05) is 0 Å². The van der Waals surface area contributed by atoms with E-state index in [1.54, 1.807) is 0 Å². The zero-order valence-electron chi connectivity index (χ0n) is 11.1. The van der Waals surface area contributed by atoms with Crippen LogP contribution in [0.5, 0.6) is 0 Å². The normalized spacial score (nSPS) is 19.3. The molecule has 18 heavy (non-hydrogen) atoms. The van der Waals surface area contributed by atoms with E-state index in [2.05, 4.69) is 35.3 Å². The van der Waals surface area contributed by atoms with Crippen LogP contribution < -0.4 is 0 Å². The molecule has 3 rings (SSSR count). The van der Waals surface area contributed by atoms with Gasteiger partial charge in [0.05, 0.1) is 0 Å². The largest absolute Gasteiger partial charge is 0.358 e. The van der Waals surface area contributed by atoms with Gasteiger partial charge in [0, 0.05) is 11.2 Å². The summed E-state index contributed by atoms with van der Waals surface area (Å²) in [6.07, 6.45) is 11.3.